The number of aliphatic hydroxyl groups is 1. The van der Waals surface area contributed by atoms with E-state index in [-0.39, 0.29) is 28.2 Å². The van der Waals surface area contributed by atoms with Crippen LogP contribution in [-0.4, -0.2) is 44.5 Å². The molecule has 0 fully saturated rings. The largest absolute Gasteiger partial charge is 0.510 e. The molecule has 0 radical (unpaired) electrons. The van der Waals surface area contributed by atoms with Crippen LogP contribution >= 0.6 is 0 Å². The quantitative estimate of drug-likeness (QED) is 0.0510. The number of rotatable bonds is 18. The van der Waals surface area contributed by atoms with Crippen LogP contribution < -0.4 is 9.47 Å². The molecular weight excluding hydrogens is 656 g/mol. The zero-order valence-corrected chi connectivity index (χ0v) is 29.8. The molecular formula is C44H48O8. The van der Waals surface area contributed by atoms with Gasteiger partial charge in [0, 0.05) is 0 Å². The summed E-state index contributed by atoms with van der Waals surface area (Å²) in [7, 11) is 0. The highest BCUT2D eigenvalue weighted by molar-refractivity contribution is 6.33. The number of Topliss-reactive ketones (excluding diaryl/α,β-unsaturated/α-hetero) is 1. The minimum Gasteiger partial charge on any atom is -0.510 e. The minimum absolute atomic E-state index is 0.157. The van der Waals surface area contributed by atoms with E-state index in [0.717, 1.165) is 48.3 Å². The van der Waals surface area contributed by atoms with Crippen molar-refractivity contribution in [1.82, 2.24) is 0 Å². The Morgan fingerprint density at radius 1 is 0.538 bits per heavy atom. The van der Waals surface area contributed by atoms with Crippen LogP contribution in [0, 0.1) is 0 Å². The maximum atomic E-state index is 13.3. The second kappa shape index (κ2) is 18.0. The van der Waals surface area contributed by atoms with E-state index in [1.54, 1.807) is 12.2 Å². The number of phenols is 4. The maximum absolute atomic E-state index is 13.3. The van der Waals surface area contributed by atoms with Gasteiger partial charge in [0.1, 0.15) is 46.2 Å². The Balaban J connectivity index is 1.23. The molecule has 1 aliphatic rings. The highest BCUT2D eigenvalue weighted by Gasteiger charge is 2.46. The Bertz CT molecular complexity index is 1870. The summed E-state index contributed by atoms with van der Waals surface area (Å²) in [6.07, 6.45) is 16.1. The predicted octanol–water partition coefficient (Wildman–Crippen LogP) is 10.4. The molecule has 0 aromatic heterocycles. The van der Waals surface area contributed by atoms with Crippen molar-refractivity contribution >= 4 is 35.7 Å². The molecule has 0 spiro atoms. The normalized spacial score (nSPS) is 14.3. The predicted molar refractivity (Wildman–Crippen MR) is 207 cm³/mol. The zero-order chi connectivity index (χ0) is 37.0. The molecule has 0 heterocycles. The summed E-state index contributed by atoms with van der Waals surface area (Å²) in [4.78, 5) is 13.3. The molecule has 1 atom stereocenters. The Morgan fingerprint density at radius 2 is 0.942 bits per heavy atom. The lowest BCUT2D eigenvalue weighted by Gasteiger charge is -2.30. The van der Waals surface area contributed by atoms with Crippen LogP contribution in [0.5, 0.6) is 34.5 Å². The van der Waals surface area contributed by atoms with Crippen molar-refractivity contribution in [3.8, 4) is 34.5 Å². The van der Waals surface area contributed by atoms with Gasteiger partial charge in [0.05, 0.1) is 29.9 Å². The van der Waals surface area contributed by atoms with Crippen LogP contribution in [0.15, 0.2) is 78.6 Å². The summed E-state index contributed by atoms with van der Waals surface area (Å²) in [5, 5.41) is 54.3. The van der Waals surface area contributed by atoms with Crippen molar-refractivity contribution in [2.45, 2.75) is 71.1 Å². The smallest absolute Gasteiger partial charge is 0.182 e. The number of phenolic OH excluding ortho intramolecular Hbond substituents is 4. The van der Waals surface area contributed by atoms with E-state index in [4.69, 9.17) is 9.47 Å². The third-order valence-electron chi connectivity index (χ3n) is 9.08. The summed E-state index contributed by atoms with van der Waals surface area (Å²) < 4.78 is 11.6. The summed E-state index contributed by atoms with van der Waals surface area (Å²) in [6.45, 7) is 5.69. The van der Waals surface area contributed by atoms with Crippen LogP contribution in [0.3, 0.4) is 0 Å². The SMILES string of the molecule is CCCCCCOc1ccc(/C=C/c2cc(O)c(C3=C(O)C(c4c(O)cc(/C=C/c5ccc(OCCCCCC)cc5)cc4O)C3=O)c(O)c2)cc1. The first kappa shape index (κ1) is 37.6. The van der Waals surface area contributed by atoms with E-state index in [0.29, 0.717) is 24.3 Å². The average molecular weight is 705 g/mol. The lowest BCUT2D eigenvalue weighted by atomic mass is 9.73. The van der Waals surface area contributed by atoms with Crippen LogP contribution in [0.4, 0.5) is 0 Å². The summed E-state index contributed by atoms with van der Waals surface area (Å²) in [6, 6.07) is 20.7. The Labute approximate surface area is 305 Å². The molecule has 0 aliphatic heterocycles. The number of allylic oxidation sites excluding steroid dienone is 2. The van der Waals surface area contributed by atoms with E-state index in [2.05, 4.69) is 13.8 Å². The molecule has 1 unspecified atom stereocenters. The molecule has 0 bridgehead atoms. The fourth-order valence-corrected chi connectivity index (χ4v) is 6.17. The number of carbonyl (C=O) groups is 1. The van der Waals surface area contributed by atoms with E-state index in [1.165, 1.54) is 49.9 Å². The van der Waals surface area contributed by atoms with Gasteiger partial charge < -0.3 is 35.0 Å². The number of hydrogen-bond donors (Lipinski definition) is 5. The number of aromatic hydroxyl groups is 4. The summed E-state index contributed by atoms with van der Waals surface area (Å²) in [5.41, 5.74) is 2.06. The standard InChI is InChI=1S/C44H48O8/c1-3-5-7-9-23-51-33-19-15-29(16-20-33)11-13-31-25-35(45)39(36(46)26-31)41-43(49)42(44(41)50)40-37(47)27-32(28-38(40)48)14-12-30-17-21-34(22-18-30)52-24-10-8-6-4-2/h11-22,25-28,41,45-49H,3-10,23-24H2,1-2H3/b13-11+,14-12+. The molecule has 272 valence electrons. The highest BCUT2D eigenvalue weighted by atomic mass is 16.5. The first-order chi connectivity index (χ1) is 25.2. The topological polar surface area (TPSA) is 137 Å². The molecule has 0 saturated carbocycles. The second-order valence-electron chi connectivity index (χ2n) is 13.1. The van der Waals surface area contributed by atoms with Crippen molar-refractivity contribution in [3.63, 3.8) is 0 Å². The number of hydrogen-bond acceptors (Lipinski definition) is 8. The fraction of sp³-hybridized carbons (Fsp3) is 0.295. The Kier molecular flexibility index (Phi) is 13.0. The van der Waals surface area contributed by atoms with Crippen molar-refractivity contribution in [2.75, 3.05) is 13.2 Å². The van der Waals surface area contributed by atoms with Crippen molar-refractivity contribution in [3.05, 3.63) is 112 Å². The number of ether oxygens (including phenoxy) is 2. The molecule has 0 saturated heterocycles. The molecule has 0 amide bonds. The molecule has 5 N–H and O–H groups in total. The van der Waals surface area contributed by atoms with E-state index in [1.807, 2.05) is 60.7 Å². The number of benzene rings is 4. The van der Waals surface area contributed by atoms with Crippen LogP contribution in [-0.2, 0) is 4.79 Å². The molecule has 4 aromatic carbocycles. The van der Waals surface area contributed by atoms with Crippen molar-refractivity contribution in [1.29, 1.82) is 0 Å². The fourth-order valence-electron chi connectivity index (χ4n) is 6.17. The monoisotopic (exact) mass is 704 g/mol. The van der Waals surface area contributed by atoms with Gasteiger partial charge in [0.2, 0.25) is 0 Å². The molecule has 52 heavy (non-hydrogen) atoms. The Hall–Kier alpha value is -5.63. The van der Waals surface area contributed by atoms with E-state index < -0.39 is 29.0 Å². The number of unbranched alkanes of at least 4 members (excludes halogenated alkanes) is 6. The zero-order valence-electron chi connectivity index (χ0n) is 29.8. The van der Waals surface area contributed by atoms with Gasteiger partial charge in [-0.15, -0.1) is 0 Å². The van der Waals surface area contributed by atoms with Gasteiger partial charge >= 0.3 is 0 Å². The number of carbonyl (C=O) groups excluding carboxylic acids is 1. The number of aliphatic hydroxyl groups excluding tert-OH is 1. The first-order valence-electron chi connectivity index (χ1n) is 18.1. The van der Waals surface area contributed by atoms with Crippen LogP contribution in [0.1, 0.15) is 105 Å². The highest BCUT2D eigenvalue weighted by Crippen LogP contribution is 2.52. The first-order valence-corrected chi connectivity index (χ1v) is 18.1. The van der Waals surface area contributed by atoms with E-state index >= 15 is 0 Å². The molecule has 4 aromatic rings. The number of ketones is 1. The maximum Gasteiger partial charge on any atom is 0.182 e. The Morgan fingerprint density at radius 3 is 1.35 bits per heavy atom. The minimum atomic E-state index is -1.36. The third kappa shape index (κ3) is 9.37. The third-order valence-corrected chi connectivity index (χ3v) is 9.08. The van der Waals surface area contributed by atoms with Crippen molar-refractivity contribution in [2.24, 2.45) is 0 Å². The summed E-state index contributed by atoms with van der Waals surface area (Å²) >= 11 is 0. The van der Waals surface area contributed by atoms with Gasteiger partial charge in [-0.1, -0.05) is 101 Å². The van der Waals surface area contributed by atoms with Crippen LogP contribution in [0.2, 0.25) is 0 Å². The molecule has 8 heteroatoms. The van der Waals surface area contributed by atoms with E-state index in [9.17, 15) is 30.3 Å². The van der Waals surface area contributed by atoms with Gasteiger partial charge in [-0.25, -0.2) is 0 Å². The van der Waals surface area contributed by atoms with Gasteiger partial charge in [0.25, 0.3) is 0 Å². The van der Waals surface area contributed by atoms with Gasteiger partial charge in [0.15, 0.2) is 5.78 Å². The van der Waals surface area contributed by atoms with Gasteiger partial charge in [-0.05, 0) is 83.6 Å². The lowest BCUT2D eigenvalue weighted by Crippen LogP contribution is -2.28. The van der Waals surface area contributed by atoms with Gasteiger partial charge in [-0.2, -0.15) is 0 Å². The van der Waals surface area contributed by atoms with Crippen molar-refractivity contribution < 1.29 is 39.8 Å². The second-order valence-corrected chi connectivity index (χ2v) is 13.1. The summed E-state index contributed by atoms with van der Waals surface area (Å²) in [5.74, 6) is -2.49. The average Bonchev–Trinajstić information content (AvgIpc) is 3.13. The van der Waals surface area contributed by atoms with Crippen LogP contribution in [0.25, 0.3) is 29.9 Å². The molecule has 1 aliphatic carbocycles. The molecule has 8 nitrogen and oxygen atoms in total. The van der Waals surface area contributed by atoms with Gasteiger partial charge in [-0.3, -0.25) is 4.79 Å². The molecule has 5 rings (SSSR count). The lowest BCUT2D eigenvalue weighted by molar-refractivity contribution is -0.116.